The van der Waals surface area contributed by atoms with Gasteiger partial charge in [-0.15, -0.1) is 0 Å². The van der Waals surface area contributed by atoms with E-state index in [1.807, 2.05) is 6.92 Å². The molecule has 88 valence electrons. The van der Waals surface area contributed by atoms with E-state index in [4.69, 9.17) is 0 Å². The van der Waals surface area contributed by atoms with Crippen molar-refractivity contribution in [1.29, 1.82) is 0 Å². The Hall–Kier alpha value is -1.10. The van der Waals surface area contributed by atoms with E-state index < -0.39 is 6.10 Å². The van der Waals surface area contributed by atoms with Gasteiger partial charge in [0.05, 0.1) is 12.5 Å². The Bertz CT molecular complexity index is 217. The zero-order valence-electron chi connectivity index (χ0n) is 9.54. The number of amides is 2. The fourth-order valence-corrected chi connectivity index (χ4v) is 0.978. The highest BCUT2D eigenvalue weighted by Gasteiger charge is 2.12. The molecule has 0 bridgehead atoms. The molecule has 0 saturated carbocycles. The zero-order valence-corrected chi connectivity index (χ0v) is 9.54. The van der Waals surface area contributed by atoms with Gasteiger partial charge in [0.25, 0.3) is 0 Å². The zero-order chi connectivity index (χ0) is 11.8. The van der Waals surface area contributed by atoms with Crippen molar-refractivity contribution in [2.24, 2.45) is 5.92 Å². The molecule has 0 radical (unpaired) electrons. The Kier molecular flexibility index (Phi) is 6.70. The Morgan fingerprint density at radius 1 is 1.27 bits per heavy atom. The van der Waals surface area contributed by atoms with Gasteiger partial charge in [-0.2, -0.15) is 0 Å². The Labute approximate surface area is 90.2 Å². The molecule has 0 aromatic carbocycles. The summed E-state index contributed by atoms with van der Waals surface area (Å²) in [5, 5.41) is 14.5. The Morgan fingerprint density at radius 2 is 1.87 bits per heavy atom. The van der Waals surface area contributed by atoms with Crippen LogP contribution in [0.25, 0.3) is 0 Å². The fourth-order valence-electron chi connectivity index (χ4n) is 0.978. The minimum Gasteiger partial charge on any atom is -0.391 e. The smallest absolute Gasteiger partial charge is 0.222 e. The van der Waals surface area contributed by atoms with Crippen LogP contribution in [0.4, 0.5) is 0 Å². The van der Waals surface area contributed by atoms with Gasteiger partial charge in [0, 0.05) is 19.0 Å². The van der Waals surface area contributed by atoms with E-state index in [9.17, 15) is 14.7 Å². The predicted octanol–water partition coefficient (Wildman–Crippen LogP) is -0.354. The van der Waals surface area contributed by atoms with Gasteiger partial charge in [-0.1, -0.05) is 13.8 Å². The largest absolute Gasteiger partial charge is 0.391 e. The van der Waals surface area contributed by atoms with Crippen LogP contribution in [-0.4, -0.2) is 36.1 Å². The first kappa shape index (κ1) is 13.9. The molecule has 5 heteroatoms. The molecule has 0 unspecified atom stereocenters. The van der Waals surface area contributed by atoms with Gasteiger partial charge >= 0.3 is 0 Å². The lowest BCUT2D eigenvalue weighted by Gasteiger charge is -2.12. The topological polar surface area (TPSA) is 78.4 Å². The minimum absolute atomic E-state index is 0.0201. The van der Waals surface area contributed by atoms with Crippen LogP contribution in [-0.2, 0) is 9.59 Å². The molecule has 5 nitrogen and oxygen atoms in total. The summed E-state index contributed by atoms with van der Waals surface area (Å²) in [6.45, 7) is 6.01. The van der Waals surface area contributed by atoms with E-state index >= 15 is 0 Å². The summed E-state index contributed by atoms with van der Waals surface area (Å²) >= 11 is 0. The molecule has 2 amide bonds. The summed E-state index contributed by atoms with van der Waals surface area (Å²) in [6.07, 6.45) is -0.800. The van der Waals surface area contributed by atoms with Crippen LogP contribution in [0.15, 0.2) is 0 Å². The maximum Gasteiger partial charge on any atom is 0.222 e. The lowest BCUT2D eigenvalue weighted by atomic mass is 10.2. The van der Waals surface area contributed by atoms with E-state index in [1.165, 1.54) is 0 Å². The van der Waals surface area contributed by atoms with Crippen molar-refractivity contribution in [1.82, 2.24) is 10.6 Å². The summed E-state index contributed by atoms with van der Waals surface area (Å²) in [5.41, 5.74) is 0. The molecule has 0 aromatic rings. The van der Waals surface area contributed by atoms with Crippen molar-refractivity contribution in [3.05, 3.63) is 0 Å². The van der Waals surface area contributed by atoms with Crippen molar-refractivity contribution in [3.63, 3.8) is 0 Å². The molecule has 15 heavy (non-hydrogen) atoms. The highest BCUT2D eigenvalue weighted by molar-refractivity contribution is 5.78. The SMILES string of the molecule is CCNC(=O)C[C@@H](O)CNC(=O)C(C)C. The second kappa shape index (κ2) is 7.23. The fraction of sp³-hybridized carbons (Fsp3) is 0.800. The van der Waals surface area contributed by atoms with Crippen LogP contribution in [0, 0.1) is 5.92 Å². The van der Waals surface area contributed by atoms with E-state index in [1.54, 1.807) is 13.8 Å². The van der Waals surface area contributed by atoms with Crippen molar-refractivity contribution in [2.45, 2.75) is 33.3 Å². The average molecular weight is 216 g/mol. The van der Waals surface area contributed by atoms with Crippen molar-refractivity contribution < 1.29 is 14.7 Å². The monoisotopic (exact) mass is 216 g/mol. The number of carbonyl (C=O) groups is 2. The van der Waals surface area contributed by atoms with Gasteiger partial charge in [-0.25, -0.2) is 0 Å². The number of carbonyl (C=O) groups excluding carboxylic acids is 2. The van der Waals surface area contributed by atoms with E-state index in [-0.39, 0.29) is 30.7 Å². The molecular weight excluding hydrogens is 196 g/mol. The highest BCUT2D eigenvalue weighted by atomic mass is 16.3. The minimum atomic E-state index is -0.820. The maximum atomic E-state index is 11.1. The summed E-state index contributed by atoms with van der Waals surface area (Å²) in [6, 6.07) is 0. The molecule has 0 aromatic heterocycles. The van der Waals surface area contributed by atoms with Gasteiger partial charge in [-0.05, 0) is 6.92 Å². The standard InChI is InChI=1S/C10H20N2O3/c1-4-11-9(14)5-8(13)6-12-10(15)7(2)3/h7-8,13H,4-6H2,1-3H3,(H,11,14)(H,12,15)/t8-/m1/s1. The van der Waals surface area contributed by atoms with Crippen LogP contribution in [0.5, 0.6) is 0 Å². The lowest BCUT2D eigenvalue weighted by molar-refractivity contribution is -0.126. The first-order chi connectivity index (χ1) is 6.97. The van der Waals surface area contributed by atoms with E-state index in [2.05, 4.69) is 10.6 Å². The van der Waals surface area contributed by atoms with Gasteiger partial charge in [0.2, 0.25) is 11.8 Å². The molecule has 0 spiro atoms. The molecule has 0 aliphatic heterocycles. The lowest BCUT2D eigenvalue weighted by Crippen LogP contribution is -2.37. The van der Waals surface area contributed by atoms with Gasteiger partial charge in [-0.3, -0.25) is 9.59 Å². The van der Waals surface area contributed by atoms with Crippen molar-refractivity contribution in [2.75, 3.05) is 13.1 Å². The number of aliphatic hydroxyl groups is 1. The number of rotatable bonds is 6. The molecule has 0 aliphatic carbocycles. The molecule has 0 saturated heterocycles. The second-order valence-corrected chi connectivity index (χ2v) is 3.71. The summed E-state index contributed by atoms with van der Waals surface area (Å²) < 4.78 is 0. The normalized spacial score (nSPS) is 12.3. The molecule has 1 atom stereocenters. The highest BCUT2D eigenvalue weighted by Crippen LogP contribution is 1.93. The molecule has 0 aliphatic rings. The van der Waals surface area contributed by atoms with Gasteiger partial charge in [0.1, 0.15) is 0 Å². The quantitative estimate of drug-likeness (QED) is 0.567. The Morgan fingerprint density at radius 3 is 2.33 bits per heavy atom. The summed E-state index contributed by atoms with van der Waals surface area (Å²) in [4.78, 5) is 22.2. The molecule has 3 N–H and O–H groups in total. The third kappa shape index (κ3) is 6.90. The summed E-state index contributed by atoms with van der Waals surface area (Å²) in [7, 11) is 0. The van der Waals surface area contributed by atoms with Crippen LogP contribution < -0.4 is 10.6 Å². The van der Waals surface area contributed by atoms with Gasteiger partial charge < -0.3 is 15.7 Å². The number of hydrogen-bond donors (Lipinski definition) is 3. The van der Waals surface area contributed by atoms with Crippen molar-refractivity contribution in [3.8, 4) is 0 Å². The number of nitrogens with one attached hydrogen (secondary N) is 2. The van der Waals surface area contributed by atoms with Crippen LogP contribution in [0.3, 0.4) is 0 Å². The Balaban J connectivity index is 3.70. The van der Waals surface area contributed by atoms with Crippen molar-refractivity contribution >= 4 is 11.8 Å². The molecule has 0 rings (SSSR count). The third-order valence-corrected chi connectivity index (χ3v) is 1.83. The van der Waals surface area contributed by atoms with Gasteiger partial charge in [0.15, 0.2) is 0 Å². The van der Waals surface area contributed by atoms with E-state index in [0.717, 1.165) is 0 Å². The number of aliphatic hydroxyl groups excluding tert-OH is 1. The first-order valence-corrected chi connectivity index (χ1v) is 5.19. The third-order valence-electron chi connectivity index (χ3n) is 1.83. The molecular formula is C10H20N2O3. The molecule has 0 heterocycles. The maximum absolute atomic E-state index is 11.1. The number of hydrogen-bond acceptors (Lipinski definition) is 3. The average Bonchev–Trinajstić information content (AvgIpc) is 2.14. The predicted molar refractivity (Wildman–Crippen MR) is 57.2 cm³/mol. The second-order valence-electron chi connectivity index (χ2n) is 3.71. The van der Waals surface area contributed by atoms with Crippen LogP contribution in [0.2, 0.25) is 0 Å². The van der Waals surface area contributed by atoms with Crippen LogP contribution in [0.1, 0.15) is 27.2 Å². The van der Waals surface area contributed by atoms with E-state index in [0.29, 0.717) is 6.54 Å². The van der Waals surface area contributed by atoms with Crippen LogP contribution >= 0.6 is 0 Å². The first-order valence-electron chi connectivity index (χ1n) is 5.19. The summed E-state index contributed by atoms with van der Waals surface area (Å²) in [5.74, 6) is -0.435. The molecule has 0 fully saturated rings.